The molecular formula is C18H37O3P. The first kappa shape index (κ1) is 21.9. The second kappa shape index (κ2) is 15.8. The highest BCUT2D eigenvalue weighted by atomic mass is 31.2. The van der Waals surface area contributed by atoms with Gasteiger partial charge in [0.05, 0.1) is 0 Å². The van der Waals surface area contributed by atoms with Gasteiger partial charge in [0.25, 0.3) is 0 Å². The lowest BCUT2D eigenvalue weighted by Gasteiger charge is -2.03. The number of allylic oxidation sites excluding steroid dienone is 2. The van der Waals surface area contributed by atoms with E-state index in [0.29, 0.717) is 6.42 Å². The van der Waals surface area contributed by atoms with Crippen molar-refractivity contribution in [1.82, 2.24) is 0 Å². The van der Waals surface area contributed by atoms with Crippen molar-refractivity contribution in [1.29, 1.82) is 0 Å². The lowest BCUT2D eigenvalue weighted by atomic mass is 10.1. The van der Waals surface area contributed by atoms with Crippen LogP contribution in [0.25, 0.3) is 0 Å². The highest BCUT2D eigenvalue weighted by Crippen LogP contribution is 2.35. The summed E-state index contributed by atoms with van der Waals surface area (Å²) in [6.45, 7) is 2.26. The second-order valence-corrected chi connectivity index (χ2v) is 8.10. The molecule has 0 aliphatic rings. The van der Waals surface area contributed by atoms with Gasteiger partial charge in [-0.15, -0.1) is 0 Å². The molecule has 0 aliphatic carbocycles. The van der Waals surface area contributed by atoms with Crippen LogP contribution in [0.5, 0.6) is 0 Å². The summed E-state index contributed by atoms with van der Waals surface area (Å²) in [5.74, 6) is 0. The molecule has 2 N–H and O–H groups in total. The molecule has 3 nitrogen and oxygen atoms in total. The van der Waals surface area contributed by atoms with E-state index < -0.39 is 7.60 Å². The molecule has 0 atom stereocenters. The summed E-state index contributed by atoms with van der Waals surface area (Å²) in [5.41, 5.74) is 0. The van der Waals surface area contributed by atoms with Gasteiger partial charge < -0.3 is 9.79 Å². The average Bonchev–Trinajstić information content (AvgIpc) is 2.45. The summed E-state index contributed by atoms with van der Waals surface area (Å²) in [4.78, 5) is 17.5. The molecule has 0 radical (unpaired) electrons. The van der Waals surface area contributed by atoms with Gasteiger partial charge in [-0.1, -0.05) is 76.9 Å². The standard InChI is InChI=1S/C18H37O3P/c1-2-3-4-5-6-7-8-9-10-11-12-13-14-15-16-17-18-22(19,20)21/h9-10H,2-8,11-18H2,1H3,(H2,19,20,21)/b10-9+. The zero-order chi connectivity index (χ0) is 16.5. The third kappa shape index (κ3) is 19.9. The Morgan fingerprint density at radius 1 is 0.682 bits per heavy atom. The summed E-state index contributed by atoms with van der Waals surface area (Å²) in [6, 6.07) is 0. The first-order chi connectivity index (χ1) is 10.6. The second-order valence-electron chi connectivity index (χ2n) is 6.33. The molecule has 0 rings (SSSR count). The first-order valence-corrected chi connectivity index (χ1v) is 11.1. The van der Waals surface area contributed by atoms with E-state index in [2.05, 4.69) is 19.1 Å². The quantitative estimate of drug-likeness (QED) is 0.201. The van der Waals surface area contributed by atoms with Gasteiger partial charge in [0.2, 0.25) is 0 Å². The van der Waals surface area contributed by atoms with Crippen LogP contribution in [0.4, 0.5) is 0 Å². The van der Waals surface area contributed by atoms with Crippen molar-refractivity contribution >= 4 is 7.60 Å². The zero-order valence-corrected chi connectivity index (χ0v) is 15.4. The van der Waals surface area contributed by atoms with Crippen molar-refractivity contribution in [3.8, 4) is 0 Å². The number of rotatable bonds is 16. The van der Waals surface area contributed by atoms with E-state index >= 15 is 0 Å². The Hall–Kier alpha value is -0.110. The Balaban J connectivity index is 3.13. The Morgan fingerprint density at radius 2 is 1.09 bits per heavy atom. The Morgan fingerprint density at radius 3 is 1.55 bits per heavy atom. The van der Waals surface area contributed by atoms with E-state index in [1.165, 1.54) is 70.6 Å². The highest BCUT2D eigenvalue weighted by Gasteiger charge is 2.10. The molecule has 0 amide bonds. The van der Waals surface area contributed by atoms with Crippen molar-refractivity contribution in [3.05, 3.63) is 12.2 Å². The minimum atomic E-state index is -3.76. The molecule has 0 heterocycles. The molecule has 0 aliphatic heterocycles. The smallest absolute Gasteiger partial charge is 0.324 e. The summed E-state index contributed by atoms with van der Waals surface area (Å²) in [5, 5.41) is 0. The molecule has 132 valence electrons. The van der Waals surface area contributed by atoms with Crippen LogP contribution < -0.4 is 0 Å². The van der Waals surface area contributed by atoms with E-state index in [1.54, 1.807) is 0 Å². The van der Waals surface area contributed by atoms with Crippen molar-refractivity contribution in [2.24, 2.45) is 0 Å². The van der Waals surface area contributed by atoms with E-state index in [0.717, 1.165) is 12.8 Å². The summed E-state index contributed by atoms with van der Waals surface area (Å²) < 4.78 is 10.7. The monoisotopic (exact) mass is 332 g/mol. The first-order valence-electron chi connectivity index (χ1n) is 9.26. The number of hydrogen-bond donors (Lipinski definition) is 2. The van der Waals surface area contributed by atoms with Crippen molar-refractivity contribution < 1.29 is 14.4 Å². The minimum absolute atomic E-state index is 0.0498. The Kier molecular flexibility index (Phi) is 15.7. The molecular weight excluding hydrogens is 295 g/mol. The van der Waals surface area contributed by atoms with Gasteiger partial charge in [-0.05, 0) is 32.1 Å². The minimum Gasteiger partial charge on any atom is -0.324 e. The Labute approximate surface area is 137 Å². The largest absolute Gasteiger partial charge is 0.325 e. The van der Waals surface area contributed by atoms with Gasteiger partial charge in [0.15, 0.2) is 0 Å². The fourth-order valence-electron chi connectivity index (χ4n) is 2.57. The Bertz CT molecular complexity index is 297. The van der Waals surface area contributed by atoms with Crippen LogP contribution in [0.2, 0.25) is 0 Å². The molecule has 0 saturated carbocycles. The van der Waals surface area contributed by atoms with Crippen LogP contribution in [0.15, 0.2) is 12.2 Å². The predicted octanol–water partition coefficient (Wildman–Crippen LogP) is 6.20. The van der Waals surface area contributed by atoms with E-state index in [4.69, 9.17) is 9.79 Å². The molecule has 0 unspecified atom stereocenters. The molecule has 4 heteroatoms. The SMILES string of the molecule is CCCCCCCC/C=C/CCCCCCCCP(=O)(O)O. The molecule has 0 fully saturated rings. The normalized spacial score (nSPS) is 12.3. The zero-order valence-electron chi connectivity index (χ0n) is 14.5. The maximum atomic E-state index is 10.7. The molecule has 0 bridgehead atoms. The van der Waals surface area contributed by atoms with E-state index in [1.807, 2.05) is 0 Å². The third-order valence-corrected chi connectivity index (χ3v) is 4.86. The van der Waals surface area contributed by atoms with Gasteiger partial charge in [-0.25, -0.2) is 0 Å². The highest BCUT2D eigenvalue weighted by molar-refractivity contribution is 7.51. The molecule has 0 aromatic heterocycles. The fourth-order valence-corrected chi connectivity index (χ4v) is 3.20. The van der Waals surface area contributed by atoms with Crippen LogP contribution in [-0.2, 0) is 4.57 Å². The summed E-state index contributed by atoms with van der Waals surface area (Å²) >= 11 is 0. The van der Waals surface area contributed by atoms with E-state index in [9.17, 15) is 4.57 Å². The molecule has 0 saturated heterocycles. The van der Waals surface area contributed by atoms with Crippen LogP contribution in [0.3, 0.4) is 0 Å². The molecule has 0 spiro atoms. The van der Waals surface area contributed by atoms with Gasteiger partial charge in [-0.2, -0.15) is 0 Å². The maximum Gasteiger partial charge on any atom is 0.325 e. The summed E-state index contributed by atoms with van der Waals surface area (Å²) in [7, 11) is -3.76. The van der Waals surface area contributed by atoms with Crippen molar-refractivity contribution in [3.63, 3.8) is 0 Å². The van der Waals surface area contributed by atoms with Crippen LogP contribution in [0.1, 0.15) is 96.8 Å². The van der Waals surface area contributed by atoms with Gasteiger partial charge in [0.1, 0.15) is 0 Å². The van der Waals surface area contributed by atoms with Gasteiger partial charge >= 0.3 is 7.60 Å². The van der Waals surface area contributed by atoms with Crippen molar-refractivity contribution in [2.45, 2.75) is 96.8 Å². The molecule has 0 aromatic rings. The summed E-state index contributed by atoms with van der Waals surface area (Å²) in [6.07, 6.45) is 21.7. The third-order valence-electron chi connectivity index (χ3n) is 3.96. The van der Waals surface area contributed by atoms with Crippen molar-refractivity contribution in [2.75, 3.05) is 6.16 Å². The number of unbranched alkanes of at least 4 members (excludes halogenated alkanes) is 12. The molecule has 0 aromatic carbocycles. The van der Waals surface area contributed by atoms with Crippen LogP contribution >= 0.6 is 7.60 Å². The van der Waals surface area contributed by atoms with Crippen LogP contribution in [-0.4, -0.2) is 15.9 Å². The van der Waals surface area contributed by atoms with Gasteiger partial charge in [0, 0.05) is 6.16 Å². The van der Waals surface area contributed by atoms with Gasteiger partial charge in [-0.3, -0.25) is 4.57 Å². The fraction of sp³-hybridized carbons (Fsp3) is 0.889. The molecule has 22 heavy (non-hydrogen) atoms. The topological polar surface area (TPSA) is 57.5 Å². The lowest BCUT2D eigenvalue weighted by Crippen LogP contribution is -1.88. The van der Waals surface area contributed by atoms with Crippen LogP contribution in [0, 0.1) is 0 Å². The average molecular weight is 332 g/mol. The number of hydrogen-bond acceptors (Lipinski definition) is 1. The van der Waals surface area contributed by atoms with E-state index in [-0.39, 0.29) is 6.16 Å². The maximum absolute atomic E-state index is 10.7. The predicted molar refractivity (Wildman–Crippen MR) is 96.4 cm³/mol. The lowest BCUT2D eigenvalue weighted by molar-refractivity contribution is 0.370.